The molecule has 3 fully saturated rings. The fourth-order valence-electron chi connectivity index (χ4n) is 4.45. The first-order chi connectivity index (χ1) is 15.5. The van der Waals surface area contributed by atoms with Gasteiger partial charge < -0.3 is 78.3 Å². The van der Waals surface area contributed by atoms with Gasteiger partial charge in [-0.3, -0.25) is 0 Å². The Morgan fingerprint density at radius 1 is 0.667 bits per heavy atom. The van der Waals surface area contributed by atoms with Gasteiger partial charge in [0.05, 0.1) is 18.7 Å². The smallest absolute Gasteiger partial charge is 0.186 e. The summed E-state index contributed by atoms with van der Waals surface area (Å²) < 4.78 is 22.5. The van der Waals surface area contributed by atoms with Gasteiger partial charge in [-0.15, -0.1) is 0 Å². The highest BCUT2D eigenvalue weighted by atomic mass is 16.7. The van der Waals surface area contributed by atoms with Gasteiger partial charge in [0.1, 0.15) is 54.9 Å². The van der Waals surface area contributed by atoms with E-state index in [1.165, 1.54) is 0 Å². The van der Waals surface area contributed by atoms with Crippen molar-refractivity contribution in [1.29, 1.82) is 0 Å². The molecule has 16 N–H and O–H groups in total. The molecule has 33 heavy (non-hydrogen) atoms. The van der Waals surface area contributed by atoms with E-state index in [9.17, 15) is 30.6 Å². The maximum Gasteiger partial charge on any atom is 0.186 e. The summed E-state index contributed by atoms with van der Waals surface area (Å²) in [7, 11) is 0. The van der Waals surface area contributed by atoms with Gasteiger partial charge in [0.15, 0.2) is 12.6 Å². The molecule has 15 atom stereocenters. The van der Waals surface area contributed by atoms with E-state index in [2.05, 4.69) is 0 Å². The maximum absolute atomic E-state index is 11.0. The Morgan fingerprint density at radius 3 is 1.76 bits per heavy atom. The minimum absolute atomic E-state index is 0.115. The van der Waals surface area contributed by atoms with E-state index >= 15 is 0 Å². The molecule has 15 nitrogen and oxygen atoms in total. The molecule has 0 aromatic rings. The van der Waals surface area contributed by atoms with E-state index < -0.39 is 98.3 Å². The molecular weight excluding hydrogens is 446 g/mol. The van der Waals surface area contributed by atoms with Gasteiger partial charge in [-0.05, 0) is 6.42 Å². The molecule has 0 aromatic carbocycles. The Hall–Kier alpha value is -0.600. The predicted octanol–water partition coefficient (Wildman–Crippen LogP) is -7.33. The lowest BCUT2D eigenvalue weighted by Crippen LogP contribution is -2.69. The Kier molecular flexibility index (Phi) is 8.99. The van der Waals surface area contributed by atoms with Crippen molar-refractivity contribution in [2.45, 2.75) is 98.1 Å². The largest absolute Gasteiger partial charge is 0.394 e. The zero-order chi connectivity index (χ0) is 24.6. The first-order valence-corrected chi connectivity index (χ1v) is 10.9. The van der Waals surface area contributed by atoms with Crippen LogP contribution >= 0.6 is 0 Å². The number of aliphatic hydroxyl groups is 6. The van der Waals surface area contributed by atoms with Crippen molar-refractivity contribution >= 4 is 0 Å². The molecule has 194 valence electrons. The second-order valence-corrected chi connectivity index (χ2v) is 8.88. The van der Waals surface area contributed by atoms with Gasteiger partial charge in [0.25, 0.3) is 0 Å². The average Bonchev–Trinajstić information content (AvgIpc) is 2.79. The number of aliphatic hydroxyl groups excluding tert-OH is 6. The summed E-state index contributed by atoms with van der Waals surface area (Å²) in [4.78, 5) is 0. The van der Waals surface area contributed by atoms with Gasteiger partial charge in [-0.25, -0.2) is 0 Å². The van der Waals surface area contributed by atoms with Crippen molar-refractivity contribution in [3.63, 3.8) is 0 Å². The fourth-order valence-corrected chi connectivity index (χ4v) is 4.45. The van der Waals surface area contributed by atoms with Crippen LogP contribution in [0, 0.1) is 0 Å². The third kappa shape index (κ3) is 5.32. The molecule has 0 amide bonds. The molecule has 2 heterocycles. The second-order valence-electron chi connectivity index (χ2n) is 8.88. The zero-order valence-corrected chi connectivity index (χ0v) is 18.0. The van der Waals surface area contributed by atoms with Crippen molar-refractivity contribution in [2.75, 3.05) is 13.2 Å². The Bertz CT molecular complexity index is 585. The topological polar surface area (TPSA) is 288 Å². The zero-order valence-electron chi connectivity index (χ0n) is 18.0. The van der Waals surface area contributed by atoms with Crippen LogP contribution in [0.3, 0.4) is 0 Å². The number of nitrogens with two attached hydrogens (primary N) is 5. The molecule has 0 aromatic heterocycles. The van der Waals surface area contributed by atoms with Gasteiger partial charge in [-0.2, -0.15) is 0 Å². The van der Waals surface area contributed by atoms with E-state index in [-0.39, 0.29) is 13.0 Å². The molecular formula is C18H37N5O10. The van der Waals surface area contributed by atoms with Crippen LogP contribution in [-0.2, 0) is 18.9 Å². The summed E-state index contributed by atoms with van der Waals surface area (Å²) in [6, 6.07) is -3.92. The van der Waals surface area contributed by atoms with Crippen LogP contribution in [0.5, 0.6) is 0 Å². The van der Waals surface area contributed by atoms with Crippen LogP contribution in [0.15, 0.2) is 0 Å². The number of rotatable bonds is 6. The summed E-state index contributed by atoms with van der Waals surface area (Å²) in [6.45, 7) is -0.694. The summed E-state index contributed by atoms with van der Waals surface area (Å²) in [6.07, 6.45) is -13.9. The van der Waals surface area contributed by atoms with Gasteiger partial charge in [-0.1, -0.05) is 0 Å². The molecule has 0 spiro atoms. The third-order valence-corrected chi connectivity index (χ3v) is 6.56. The highest BCUT2D eigenvalue weighted by Gasteiger charge is 2.51. The maximum atomic E-state index is 11.0. The minimum atomic E-state index is -1.48. The highest BCUT2D eigenvalue weighted by Crippen LogP contribution is 2.30. The van der Waals surface area contributed by atoms with Crippen molar-refractivity contribution in [3.05, 3.63) is 0 Å². The van der Waals surface area contributed by atoms with Gasteiger partial charge in [0.2, 0.25) is 0 Å². The first-order valence-electron chi connectivity index (χ1n) is 10.9. The van der Waals surface area contributed by atoms with Crippen LogP contribution in [0.1, 0.15) is 6.42 Å². The van der Waals surface area contributed by atoms with Gasteiger partial charge in [0, 0.05) is 18.6 Å². The lowest BCUT2D eigenvalue weighted by molar-refractivity contribution is -0.318. The van der Waals surface area contributed by atoms with E-state index in [0.717, 1.165) is 0 Å². The SMILES string of the molecule is NCC1O[C@H](OC2C(N)CC(N)C(OC3O[C@H](CO)C(O)C(N)[C@H]3O)[C@H]2O)C(N)C(O)[C@@H]1O. The third-order valence-electron chi connectivity index (χ3n) is 6.56. The van der Waals surface area contributed by atoms with E-state index in [1.54, 1.807) is 0 Å². The van der Waals surface area contributed by atoms with Crippen LogP contribution < -0.4 is 28.7 Å². The summed E-state index contributed by atoms with van der Waals surface area (Å²) in [5.41, 5.74) is 29.6. The molecule has 10 unspecified atom stereocenters. The van der Waals surface area contributed by atoms with Crippen molar-refractivity contribution in [2.24, 2.45) is 28.7 Å². The Labute approximate surface area is 190 Å². The van der Waals surface area contributed by atoms with Crippen molar-refractivity contribution in [3.8, 4) is 0 Å². The Balaban J connectivity index is 1.72. The van der Waals surface area contributed by atoms with E-state index in [0.29, 0.717) is 0 Å². The van der Waals surface area contributed by atoms with Crippen LogP contribution in [0.2, 0.25) is 0 Å². The fraction of sp³-hybridized carbons (Fsp3) is 1.00. The average molecular weight is 484 g/mol. The molecule has 1 aliphatic carbocycles. The number of hydrogen-bond donors (Lipinski definition) is 11. The van der Waals surface area contributed by atoms with E-state index in [4.69, 9.17) is 47.6 Å². The van der Waals surface area contributed by atoms with Crippen LogP contribution in [-0.4, -0.2) is 135 Å². The first kappa shape index (κ1) is 27.0. The second kappa shape index (κ2) is 11.0. The quantitative estimate of drug-likeness (QED) is 0.167. The molecule has 0 radical (unpaired) electrons. The molecule has 2 saturated heterocycles. The molecule has 1 saturated carbocycles. The summed E-state index contributed by atoms with van der Waals surface area (Å²) >= 11 is 0. The monoisotopic (exact) mass is 483 g/mol. The lowest BCUT2D eigenvalue weighted by atomic mass is 9.84. The van der Waals surface area contributed by atoms with Crippen molar-refractivity contribution < 1.29 is 49.6 Å². The van der Waals surface area contributed by atoms with Crippen LogP contribution in [0.25, 0.3) is 0 Å². The molecule has 3 aliphatic rings. The van der Waals surface area contributed by atoms with E-state index in [1.807, 2.05) is 0 Å². The normalized spacial score (nSPS) is 53.7. The number of ether oxygens (including phenoxy) is 4. The molecule has 3 rings (SSSR count). The molecule has 0 bridgehead atoms. The van der Waals surface area contributed by atoms with Crippen molar-refractivity contribution in [1.82, 2.24) is 0 Å². The number of hydrogen-bond acceptors (Lipinski definition) is 15. The highest BCUT2D eigenvalue weighted by molar-refractivity contribution is 5.01. The Morgan fingerprint density at radius 2 is 1.21 bits per heavy atom. The molecule has 2 aliphatic heterocycles. The summed E-state index contributed by atoms with van der Waals surface area (Å²) in [5, 5.41) is 60.9. The molecule has 15 heteroatoms. The predicted molar refractivity (Wildman–Crippen MR) is 110 cm³/mol. The van der Waals surface area contributed by atoms with Gasteiger partial charge >= 0.3 is 0 Å². The standard InChI is InChI=1S/C18H37N5O10/c19-2-6-11(26)12(27)9(23)17(30-6)32-15-4(20)1-5(21)16(14(15)29)33-18-13(28)8(22)10(25)7(3-24)31-18/h4-18,24-29H,1-3,19-23H2/t4?,5?,6?,7-,8?,9?,10?,11-,12?,13-,14+,15?,16?,17-,18?/m1/s1. The minimum Gasteiger partial charge on any atom is -0.394 e. The van der Waals surface area contributed by atoms with Crippen LogP contribution in [0.4, 0.5) is 0 Å². The summed E-state index contributed by atoms with van der Waals surface area (Å²) in [5.74, 6) is 0. The lowest BCUT2D eigenvalue weighted by Gasteiger charge is -2.48.